The first kappa shape index (κ1) is 10.1. The Morgan fingerprint density at radius 3 is 3.19 bits per heavy atom. The summed E-state index contributed by atoms with van der Waals surface area (Å²) in [6, 6.07) is 2.75. The lowest BCUT2D eigenvalue weighted by atomic mass is 9.95. The zero-order valence-electron chi connectivity index (χ0n) is 9.86. The lowest BCUT2D eigenvalue weighted by molar-refractivity contribution is 0.105. The van der Waals surface area contributed by atoms with Gasteiger partial charge in [-0.3, -0.25) is 0 Å². The number of anilines is 1. The third-order valence-corrected chi connectivity index (χ3v) is 3.61. The summed E-state index contributed by atoms with van der Waals surface area (Å²) < 4.78 is 5.72. The first-order chi connectivity index (χ1) is 7.74. The van der Waals surface area contributed by atoms with Crippen LogP contribution >= 0.6 is 0 Å². The van der Waals surface area contributed by atoms with Gasteiger partial charge in [0.1, 0.15) is 5.82 Å². The first-order valence-corrected chi connectivity index (χ1v) is 6.11. The third-order valence-electron chi connectivity index (χ3n) is 3.61. The summed E-state index contributed by atoms with van der Waals surface area (Å²) in [5.74, 6) is 1.61. The third kappa shape index (κ3) is 1.59. The fraction of sp³-hybridized carbons (Fsp3) is 0.615. The topological polar surface area (TPSA) is 34.1 Å². The molecule has 3 heterocycles. The van der Waals surface area contributed by atoms with Gasteiger partial charge >= 0.3 is 0 Å². The van der Waals surface area contributed by atoms with Crippen molar-refractivity contribution in [1.29, 1.82) is 0 Å². The minimum absolute atomic E-state index is 0.358. The second-order valence-corrected chi connectivity index (χ2v) is 5.08. The average molecular weight is 218 g/mol. The van der Waals surface area contributed by atoms with Crippen molar-refractivity contribution in [3.05, 3.63) is 23.4 Å². The number of aromatic nitrogens is 1. The van der Waals surface area contributed by atoms with Crippen molar-refractivity contribution in [3.8, 4) is 0 Å². The zero-order valence-corrected chi connectivity index (χ0v) is 9.86. The predicted octanol–water partition coefficient (Wildman–Crippen LogP) is 2.33. The van der Waals surface area contributed by atoms with Gasteiger partial charge in [0.15, 0.2) is 0 Å². The molecule has 16 heavy (non-hydrogen) atoms. The molecule has 3 nitrogen and oxygen atoms in total. The van der Waals surface area contributed by atoms with Crippen LogP contribution in [0.3, 0.4) is 0 Å². The SMILES string of the molecule is CC(C)c1cnc2c(c1)CC1OCCC1N2. The Balaban J connectivity index is 1.93. The number of nitrogens with zero attached hydrogens (tertiary/aromatic N) is 1. The van der Waals surface area contributed by atoms with Gasteiger partial charge in [-0.05, 0) is 23.5 Å². The molecule has 1 aromatic rings. The quantitative estimate of drug-likeness (QED) is 0.785. The number of ether oxygens (including phenoxy) is 1. The molecule has 1 fully saturated rings. The molecule has 1 saturated heterocycles. The van der Waals surface area contributed by atoms with Crippen molar-refractivity contribution in [1.82, 2.24) is 4.98 Å². The molecule has 3 heteroatoms. The Bertz CT molecular complexity index is 403. The molecule has 1 aromatic heterocycles. The van der Waals surface area contributed by atoms with Crippen LogP contribution in [0.5, 0.6) is 0 Å². The van der Waals surface area contributed by atoms with Gasteiger partial charge < -0.3 is 10.1 Å². The summed E-state index contributed by atoms with van der Waals surface area (Å²) in [5, 5.41) is 3.49. The highest BCUT2D eigenvalue weighted by molar-refractivity contribution is 5.50. The zero-order chi connectivity index (χ0) is 11.1. The Morgan fingerprint density at radius 2 is 2.38 bits per heavy atom. The van der Waals surface area contributed by atoms with E-state index in [0.717, 1.165) is 25.3 Å². The van der Waals surface area contributed by atoms with Crippen LogP contribution in [-0.2, 0) is 11.2 Å². The highest BCUT2D eigenvalue weighted by atomic mass is 16.5. The van der Waals surface area contributed by atoms with Crippen LogP contribution in [0.25, 0.3) is 0 Å². The second-order valence-electron chi connectivity index (χ2n) is 5.08. The van der Waals surface area contributed by atoms with Gasteiger partial charge in [0.25, 0.3) is 0 Å². The molecule has 0 bridgehead atoms. The Kier molecular flexibility index (Phi) is 2.36. The molecule has 2 unspecified atom stereocenters. The maximum absolute atomic E-state index is 5.72. The minimum atomic E-state index is 0.358. The van der Waals surface area contributed by atoms with Crippen molar-refractivity contribution in [2.24, 2.45) is 0 Å². The molecule has 0 amide bonds. The Labute approximate surface area is 96.2 Å². The van der Waals surface area contributed by atoms with Gasteiger partial charge in [-0.2, -0.15) is 0 Å². The number of hydrogen-bond donors (Lipinski definition) is 1. The molecule has 0 aliphatic carbocycles. The van der Waals surface area contributed by atoms with E-state index in [4.69, 9.17) is 4.74 Å². The van der Waals surface area contributed by atoms with Crippen molar-refractivity contribution in [3.63, 3.8) is 0 Å². The van der Waals surface area contributed by atoms with Crippen LogP contribution in [0.4, 0.5) is 5.82 Å². The van der Waals surface area contributed by atoms with Gasteiger partial charge in [-0.1, -0.05) is 19.9 Å². The maximum Gasteiger partial charge on any atom is 0.129 e. The van der Waals surface area contributed by atoms with Crippen molar-refractivity contribution >= 4 is 5.82 Å². The van der Waals surface area contributed by atoms with E-state index in [-0.39, 0.29) is 0 Å². The molecule has 0 radical (unpaired) electrons. The molecule has 0 spiro atoms. The number of pyridine rings is 1. The lowest BCUT2D eigenvalue weighted by Crippen LogP contribution is -2.36. The van der Waals surface area contributed by atoms with Crippen LogP contribution in [0.2, 0.25) is 0 Å². The maximum atomic E-state index is 5.72. The molecule has 0 saturated carbocycles. The molecule has 86 valence electrons. The normalized spacial score (nSPS) is 27.4. The summed E-state index contributed by atoms with van der Waals surface area (Å²) >= 11 is 0. The number of rotatable bonds is 1. The number of nitrogens with one attached hydrogen (secondary N) is 1. The van der Waals surface area contributed by atoms with E-state index in [1.165, 1.54) is 11.1 Å². The largest absolute Gasteiger partial charge is 0.376 e. The highest BCUT2D eigenvalue weighted by Gasteiger charge is 2.33. The van der Waals surface area contributed by atoms with Crippen LogP contribution in [0.15, 0.2) is 12.3 Å². The molecular weight excluding hydrogens is 200 g/mol. The van der Waals surface area contributed by atoms with Crippen LogP contribution in [0, 0.1) is 0 Å². The van der Waals surface area contributed by atoms with E-state index in [1.54, 1.807) is 0 Å². The standard InChI is InChI=1S/C13H18N2O/c1-8(2)10-5-9-6-12-11(3-4-16-12)15-13(9)14-7-10/h5,7-8,11-12H,3-4,6H2,1-2H3,(H,14,15). The minimum Gasteiger partial charge on any atom is -0.376 e. The van der Waals surface area contributed by atoms with Crippen LogP contribution < -0.4 is 5.32 Å². The summed E-state index contributed by atoms with van der Waals surface area (Å²) in [4.78, 5) is 4.53. The van der Waals surface area contributed by atoms with E-state index >= 15 is 0 Å². The summed E-state index contributed by atoms with van der Waals surface area (Å²) in [5.41, 5.74) is 2.63. The van der Waals surface area contributed by atoms with E-state index in [2.05, 4.69) is 30.2 Å². The fourth-order valence-corrected chi connectivity index (χ4v) is 2.54. The smallest absolute Gasteiger partial charge is 0.129 e. The van der Waals surface area contributed by atoms with Gasteiger partial charge in [0, 0.05) is 19.2 Å². The van der Waals surface area contributed by atoms with Crippen molar-refractivity contribution in [2.45, 2.75) is 44.8 Å². The second kappa shape index (κ2) is 3.74. The summed E-state index contributed by atoms with van der Waals surface area (Å²) in [7, 11) is 0. The number of fused-ring (bicyclic) bond motifs is 2. The molecule has 0 aromatic carbocycles. The molecule has 1 N–H and O–H groups in total. The van der Waals surface area contributed by atoms with Gasteiger partial charge in [-0.15, -0.1) is 0 Å². The number of hydrogen-bond acceptors (Lipinski definition) is 3. The Morgan fingerprint density at radius 1 is 1.50 bits per heavy atom. The van der Waals surface area contributed by atoms with E-state index in [9.17, 15) is 0 Å². The summed E-state index contributed by atoms with van der Waals surface area (Å²) in [6.07, 6.45) is 4.47. The highest BCUT2D eigenvalue weighted by Crippen LogP contribution is 2.31. The van der Waals surface area contributed by atoms with Crippen molar-refractivity contribution < 1.29 is 4.74 Å². The van der Waals surface area contributed by atoms with E-state index < -0.39 is 0 Å². The van der Waals surface area contributed by atoms with E-state index in [1.807, 2.05) is 6.20 Å². The summed E-state index contributed by atoms with van der Waals surface area (Å²) in [6.45, 7) is 5.29. The van der Waals surface area contributed by atoms with Gasteiger partial charge in [0.05, 0.1) is 12.1 Å². The van der Waals surface area contributed by atoms with Gasteiger partial charge in [0.2, 0.25) is 0 Å². The molecule has 2 atom stereocenters. The lowest BCUT2D eigenvalue weighted by Gasteiger charge is -2.28. The first-order valence-electron chi connectivity index (χ1n) is 6.11. The van der Waals surface area contributed by atoms with Crippen molar-refractivity contribution in [2.75, 3.05) is 11.9 Å². The van der Waals surface area contributed by atoms with Crippen LogP contribution in [0.1, 0.15) is 37.3 Å². The van der Waals surface area contributed by atoms with E-state index in [0.29, 0.717) is 18.1 Å². The molecule has 3 rings (SSSR count). The monoisotopic (exact) mass is 218 g/mol. The molecule has 2 aliphatic heterocycles. The van der Waals surface area contributed by atoms with Crippen LogP contribution in [-0.4, -0.2) is 23.7 Å². The van der Waals surface area contributed by atoms with Gasteiger partial charge in [-0.25, -0.2) is 4.98 Å². The fourth-order valence-electron chi connectivity index (χ4n) is 2.54. The molecular formula is C13H18N2O. The average Bonchev–Trinajstić information content (AvgIpc) is 2.71. The Hall–Kier alpha value is -1.09. The predicted molar refractivity (Wildman–Crippen MR) is 63.8 cm³/mol. The molecule has 2 aliphatic rings.